The molecule has 2 aromatic carbocycles. The molecule has 0 aliphatic carbocycles. The van der Waals surface area contributed by atoms with Crippen LogP contribution >= 0.6 is 34.7 Å². The fourth-order valence-corrected chi connectivity index (χ4v) is 4.89. The second-order valence-electron chi connectivity index (χ2n) is 6.17. The first-order valence-corrected chi connectivity index (χ1v) is 11.0. The summed E-state index contributed by atoms with van der Waals surface area (Å²) >= 11 is 9.12. The van der Waals surface area contributed by atoms with Gasteiger partial charge in [-0.05, 0) is 29.8 Å². The number of halogens is 1. The summed E-state index contributed by atoms with van der Waals surface area (Å²) in [6.45, 7) is 0. The van der Waals surface area contributed by atoms with Crippen molar-refractivity contribution in [2.24, 2.45) is 0 Å². The Balaban J connectivity index is 1.42. The Morgan fingerprint density at radius 3 is 2.59 bits per heavy atom. The minimum Gasteiger partial charge on any atom is -0.420 e. The monoisotopic (exact) mass is 436 g/mol. The molecule has 0 aliphatic heterocycles. The number of nitrogens with zero attached hydrogens (tertiary/aromatic N) is 4. The van der Waals surface area contributed by atoms with Crippen molar-refractivity contribution in [1.82, 2.24) is 20.2 Å². The maximum absolute atomic E-state index is 5.94. The van der Waals surface area contributed by atoms with Crippen molar-refractivity contribution in [2.45, 2.75) is 10.8 Å². The van der Waals surface area contributed by atoms with E-state index >= 15 is 0 Å². The van der Waals surface area contributed by atoms with Gasteiger partial charge < -0.3 is 4.42 Å². The molecular weight excluding hydrogens is 424 g/mol. The molecule has 0 saturated heterocycles. The number of rotatable bonds is 5. The van der Waals surface area contributed by atoms with Gasteiger partial charge in [0.15, 0.2) is 0 Å². The number of benzene rings is 2. The largest absolute Gasteiger partial charge is 0.420 e. The molecule has 5 rings (SSSR count). The summed E-state index contributed by atoms with van der Waals surface area (Å²) in [5, 5.41) is 13.1. The van der Waals surface area contributed by atoms with E-state index < -0.39 is 0 Å². The Hall–Kier alpha value is -2.74. The van der Waals surface area contributed by atoms with E-state index in [0.29, 0.717) is 22.6 Å². The number of thiophene rings is 1. The van der Waals surface area contributed by atoms with Gasteiger partial charge in [0.1, 0.15) is 16.2 Å². The fraction of sp³-hybridized carbons (Fsp3) is 0.0476. The average Bonchev–Trinajstić information content (AvgIpc) is 3.41. The zero-order chi connectivity index (χ0) is 19.6. The third-order valence-electron chi connectivity index (χ3n) is 4.31. The maximum Gasteiger partial charge on any atom is 0.247 e. The highest BCUT2D eigenvalue weighted by Crippen LogP contribution is 2.38. The van der Waals surface area contributed by atoms with E-state index in [1.807, 2.05) is 30.3 Å². The van der Waals surface area contributed by atoms with Crippen molar-refractivity contribution in [3.05, 3.63) is 77.2 Å². The molecule has 0 bridgehead atoms. The van der Waals surface area contributed by atoms with Crippen LogP contribution in [0.3, 0.4) is 0 Å². The molecular formula is C21H13ClN4OS2. The molecule has 0 spiro atoms. The van der Waals surface area contributed by atoms with E-state index in [4.69, 9.17) is 16.0 Å². The van der Waals surface area contributed by atoms with Crippen molar-refractivity contribution in [1.29, 1.82) is 0 Å². The van der Waals surface area contributed by atoms with Crippen LogP contribution in [-0.4, -0.2) is 20.2 Å². The highest BCUT2D eigenvalue weighted by Gasteiger charge is 2.15. The number of hydrogen-bond donors (Lipinski definition) is 0. The molecule has 3 aromatic heterocycles. The summed E-state index contributed by atoms with van der Waals surface area (Å²) in [5.41, 5.74) is 3.13. The lowest BCUT2D eigenvalue weighted by molar-refractivity contribution is 0.528. The van der Waals surface area contributed by atoms with Crippen molar-refractivity contribution in [3.63, 3.8) is 0 Å². The second kappa shape index (κ2) is 7.94. The van der Waals surface area contributed by atoms with Crippen molar-refractivity contribution in [2.75, 3.05) is 0 Å². The molecule has 142 valence electrons. The lowest BCUT2D eigenvalue weighted by Gasteiger charge is -2.04. The van der Waals surface area contributed by atoms with Crippen molar-refractivity contribution in [3.8, 4) is 22.6 Å². The Morgan fingerprint density at radius 2 is 1.76 bits per heavy atom. The number of aromatic nitrogens is 4. The first-order chi connectivity index (χ1) is 14.3. The van der Waals surface area contributed by atoms with Crippen molar-refractivity contribution >= 4 is 44.9 Å². The van der Waals surface area contributed by atoms with Crippen LogP contribution in [0, 0.1) is 0 Å². The molecule has 0 amide bonds. The summed E-state index contributed by atoms with van der Waals surface area (Å²) in [7, 11) is 0. The average molecular weight is 437 g/mol. The predicted molar refractivity (Wildman–Crippen MR) is 117 cm³/mol. The molecule has 5 nitrogen and oxygen atoms in total. The fourth-order valence-electron chi connectivity index (χ4n) is 2.94. The van der Waals surface area contributed by atoms with Gasteiger partial charge in [0, 0.05) is 21.5 Å². The Kier molecular flexibility index (Phi) is 5.01. The van der Waals surface area contributed by atoms with E-state index in [9.17, 15) is 0 Å². The Labute approximate surface area is 179 Å². The molecule has 0 N–H and O–H groups in total. The van der Waals surface area contributed by atoms with E-state index in [1.165, 1.54) is 0 Å². The first-order valence-electron chi connectivity index (χ1n) is 8.76. The van der Waals surface area contributed by atoms with Gasteiger partial charge in [-0.1, -0.05) is 53.7 Å². The smallest absolute Gasteiger partial charge is 0.247 e. The minimum absolute atomic E-state index is 0.477. The summed E-state index contributed by atoms with van der Waals surface area (Å²) in [5.74, 6) is 1.55. The van der Waals surface area contributed by atoms with Gasteiger partial charge in [0.2, 0.25) is 11.8 Å². The highest BCUT2D eigenvalue weighted by atomic mass is 35.5. The normalized spacial score (nSPS) is 11.2. The molecule has 0 atom stereocenters. The van der Waals surface area contributed by atoms with Gasteiger partial charge in [-0.25, -0.2) is 9.97 Å². The molecule has 29 heavy (non-hydrogen) atoms. The number of hydrogen-bond acceptors (Lipinski definition) is 7. The SMILES string of the molecule is Clc1ccc(-c2nnc(CSc3ncnc4scc(-c5ccccc5)c34)o2)cc1. The summed E-state index contributed by atoms with van der Waals surface area (Å²) in [6.07, 6.45) is 1.60. The third kappa shape index (κ3) is 3.76. The summed E-state index contributed by atoms with van der Waals surface area (Å²) in [6, 6.07) is 17.6. The van der Waals surface area contributed by atoms with Gasteiger partial charge >= 0.3 is 0 Å². The molecule has 5 aromatic rings. The molecule has 0 fully saturated rings. The molecule has 0 saturated carbocycles. The number of fused-ring (bicyclic) bond motifs is 1. The lowest BCUT2D eigenvalue weighted by Crippen LogP contribution is -1.87. The van der Waals surface area contributed by atoms with Crippen LogP contribution in [0.4, 0.5) is 0 Å². The zero-order valence-corrected chi connectivity index (χ0v) is 17.3. The van der Waals surface area contributed by atoms with Gasteiger partial charge in [-0.15, -0.1) is 21.5 Å². The Bertz CT molecular complexity index is 1270. The lowest BCUT2D eigenvalue weighted by atomic mass is 10.1. The summed E-state index contributed by atoms with van der Waals surface area (Å²) < 4.78 is 5.81. The van der Waals surface area contributed by atoms with Crippen LogP contribution < -0.4 is 0 Å². The van der Waals surface area contributed by atoms with Gasteiger partial charge in [0.05, 0.1) is 11.1 Å². The second-order valence-corrected chi connectivity index (χ2v) is 8.43. The molecule has 8 heteroatoms. The van der Waals surface area contributed by atoms with Crippen LogP contribution in [0.2, 0.25) is 5.02 Å². The molecule has 0 aliphatic rings. The third-order valence-corrected chi connectivity index (χ3v) is 6.42. The molecule has 3 heterocycles. The first kappa shape index (κ1) is 18.3. The standard InChI is InChI=1S/C21H13ClN4OS2/c22-15-8-6-14(7-9-15)19-26-25-17(27-19)11-29-21-18-16(13-4-2-1-3-5-13)10-28-20(18)23-12-24-21/h1-10,12H,11H2. The quantitative estimate of drug-likeness (QED) is 0.236. The van der Waals surface area contributed by atoms with E-state index in [-0.39, 0.29) is 0 Å². The molecule has 0 unspecified atom stereocenters. The van der Waals surface area contributed by atoms with E-state index in [1.54, 1.807) is 41.6 Å². The number of thioether (sulfide) groups is 1. The predicted octanol–water partition coefficient (Wildman–Crippen LogP) is 6.35. The highest BCUT2D eigenvalue weighted by molar-refractivity contribution is 7.98. The van der Waals surface area contributed by atoms with Crippen LogP contribution in [0.1, 0.15) is 5.89 Å². The van der Waals surface area contributed by atoms with Gasteiger partial charge in [-0.2, -0.15) is 0 Å². The maximum atomic E-state index is 5.94. The van der Waals surface area contributed by atoms with E-state index in [0.717, 1.165) is 31.9 Å². The molecule has 0 radical (unpaired) electrons. The van der Waals surface area contributed by atoms with Gasteiger partial charge in [-0.3, -0.25) is 0 Å². The van der Waals surface area contributed by atoms with Crippen LogP contribution in [0.25, 0.3) is 32.8 Å². The Morgan fingerprint density at radius 1 is 0.931 bits per heavy atom. The minimum atomic E-state index is 0.477. The zero-order valence-electron chi connectivity index (χ0n) is 14.9. The topological polar surface area (TPSA) is 64.7 Å². The van der Waals surface area contributed by atoms with E-state index in [2.05, 4.69) is 37.7 Å². The summed E-state index contributed by atoms with van der Waals surface area (Å²) in [4.78, 5) is 9.90. The van der Waals surface area contributed by atoms with Gasteiger partial charge in [0.25, 0.3) is 0 Å². The van der Waals surface area contributed by atoms with Crippen LogP contribution in [-0.2, 0) is 5.75 Å². The van der Waals surface area contributed by atoms with Crippen LogP contribution in [0.15, 0.2) is 75.7 Å². The van der Waals surface area contributed by atoms with Crippen LogP contribution in [0.5, 0.6) is 0 Å². The van der Waals surface area contributed by atoms with Crippen molar-refractivity contribution < 1.29 is 4.42 Å².